The van der Waals surface area contributed by atoms with Crippen LogP contribution >= 0.6 is 0 Å². The van der Waals surface area contributed by atoms with Gasteiger partial charge in [-0.25, -0.2) is 4.79 Å². The molecule has 0 saturated carbocycles. The first-order valence-electron chi connectivity index (χ1n) is 12.2. The maximum atomic E-state index is 13.8. The Hall–Kier alpha value is -3.10. The van der Waals surface area contributed by atoms with E-state index in [-0.39, 0.29) is 37.9 Å². The first kappa shape index (κ1) is 29.9. The van der Waals surface area contributed by atoms with E-state index >= 15 is 0 Å². The minimum Gasteiger partial charge on any atom is -0.466 e. The summed E-state index contributed by atoms with van der Waals surface area (Å²) >= 11 is 0. The van der Waals surface area contributed by atoms with E-state index in [9.17, 15) is 19.2 Å². The number of carbonyl (C=O) groups is 4. The number of esters is 1. The van der Waals surface area contributed by atoms with Gasteiger partial charge in [-0.15, -0.1) is 0 Å². The summed E-state index contributed by atoms with van der Waals surface area (Å²) in [6, 6.07) is 7.12. The number of benzene rings is 1. The molecule has 0 heterocycles. The van der Waals surface area contributed by atoms with Gasteiger partial charge >= 0.3 is 12.1 Å². The van der Waals surface area contributed by atoms with Crippen LogP contribution in [0.15, 0.2) is 30.3 Å². The van der Waals surface area contributed by atoms with Crippen molar-refractivity contribution in [3.05, 3.63) is 35.9 Å². The van der Waals surface area contributed by atoms with Crippen molar-refractivity contribution >= 4 is 23.9 Å². The molecule has 3 amide bonds. The second kappa shape index (κ2) is 14.3. The van der Waals surface area contributed by atoms with Gasteiger partial charge in [0.2, 0.25) is 11.8 Å². The zero-order valence-corrected chi connectivity index (χ0v) is 22.1. The summed E-state index contributed by atoms with van der Waals surface area (Å²) < 4.78 is 10.3. The van der Waals surface area contributed by atoms with Crippen LogP contribution in [-0.4, -0.2) is 60.1 Å². The molecular formula is C26H41N3O6. The molecule has 0 spiro atoms. The molecule has 3 atom stereocenters. The number of ether oxygens (including phenoxy) is 2. The Kier molecular flexibility index (Phi) is 12.3. The second-order valence-corrected chi connectivity index (χ2v) is 9.29. The number of carbonyl (C=O) groups excluding carboxylic acids is 4. The standard InChI is InChI=1S/C26H41N3O6/c1-8-18(4)21(28-25(33)35-26(5,6)7)24(32)29(9-2)22(19-14-12-11-13-15-19)23(31)27-17-16-20(30)34-10-3/h11-15,18,21-22H,8-10,16-17H2,1-7H3,(H,27,31)(H,28,33). The summed E-state index contributed by atoms with van der Waals surface area (Å²) in [6.07, 6.45) is -0.0372. The molecule has 0 radical (unpaired) electrons. The van der Waals surface area contributed by atoms with Crippen molar-refractivity contribution in [3.63, 3.8) is 0 Å². The van der Waals surface area contributed by atoms with E-state index in [0.717, 1.165) is 0 Å². The minimum absolute atomic E-state index is 0.0247. The van der Waals surface area contributed by atoms with Crippen molar-refractivity contribution in [3.8, 4) is 0 Å². The van der Waals surface area contributed by atoms with Crippen LogP contribution in [-0.2, 0) is 23.9 Å². The van der Waals surface area contributed by atoms with Gasteiger partial charge in [0.15, 0.2) is 0 Å². The van der Waals surface area contributed by atoms with Crippen molar-refractivity contribution in [1.29, 1.82) is 0 Å². The van der Waals surface area contributed by atoms with Crippen LogP contribution in [0.2, 0.25) is 0 Å². The van der Waals surface area contributed by atoms with Gasteiger partial charge in [-0.3, -0.25) is 14.4 Å². The maximum Gasteiger partial charge on any atom is 0.408 e. The summed E-state index contributed by atoms with van der Waals surface area (Å²) in [4.78, 5) is 52.7. The van der Waals surface area contributed by atoms with Crippen LogP contribution in [0.5, 0.6) is 0 Å². The number of hydrogen-bond donors (Lipinski definition) is 2. The molecular weight excluding hydrogens is 450 g/mol. The van der Waals surface area contributed by atoms with E-state index in [1.165, 1.54) is 4.90 Å². The Bertz CT molecular complexity index is 837. The lowest BCUT2D eigenvalue weighted by Crippen LogP contribution is -2.55. The Morgan fingerprint density at radius 2 is 1.66 bits per heavy atom. The predicted molar refractivity (Wildman–Crippen MR) is 133 cm³/mol. The summed E-state index contributed by atoms with van der Waals surface area (Å²) in [5.74, 6) is -1.42. The van der Waals surface area contributed by atoms with Crippen LogP contribution in [0.3, 0.4) is 0 Å². The zero-order valence-electron chi connectivity index (χ0n) is 22.1. The number of hydrogen-bond acceptors (Lipinski definition) is 6. The zero-order chi connectivity index (χ0) is 26.6. The quantitative estimate of drug-likeness (QED) is 0.432. The van der Waals surface area contributed by atoms with E-state index in [2.05, 4.69) is 10.6 Å². The van der Waals surface area contributed by atoms with Crippen molar-refractivity contribution in [2.24, 2.45) is 5.92 Å². The number of alkyl carbamates (subject to hydrolysis) is 1. The molecule has 3 unspecified atom stereocenters. The van der Waals surface area contributed by atoms with Crippen LogP contribution in [0.1, 0.15) is 72.9 Å². The summed E-state index contributed by atoms with van der Waals surface area (Å²) in [5.41, 5.74) is -0.0975. The van der Waals surface area contributed by atoms with Gasteiger partial charge in [-0.05, 0) is 46.1 Å². The third-order valence-corrected chi connectivity index (χ3v) is 5.38. The summed E-state index contributed by atoms with van der Waals surface area (Å²) in [5, 5.41) is 5.46. The number of nitrogens with one attached hydrogen (secondary N) is 2. The molecule has 0 aliphatic heterocycles. The highest BCUT2D eigenvalue weighted by Crippen LogP contribution is 2.24. The molecule has 35 heavy (non-hydrogen) atoms. The lowest BCUT2D eigenvalue weighted by atomic mass is 9.96. The van der Waals surface area contributed by atoms with E-state index in [1.54, 1.807) is 58.9 Å². The molecule has 196 valence electrons. The summed E-state index contributed by atoms with van der Waals surface area (Å²) in [7, 11) is 0. The number of rotatable bonds is 12. The molecule has 0 aliphatic carbocycles. The van der Waals surface area contributed by atoms with Gasteiger partial charge in [-0.1, -0.05) is 50.6 Å². The molecule has 0 aromatic heterocycles. The van der Waals surface area contributed by atoms with E-state index in [1.807, 2.05) is 19.9 Å². The van der Waals surface area contributed by atoms with Gasteiger partial charge in [0.1, 0.15) is 17.7 Å². The fourth-order valence-electron chi connectivity index (χ4n) is 3.49. The van der Waals surface area contributed by atoms with Crippen LogP contribution < -0.4 is 10.6 Å². The van der Waals surface area contributed by atoms with Crippen LogP contribution in [0, 0.1) is 5.92 Å². The fraction of sp³-hybridized carbons (Fsp3) is 0.615. The normalized spacial score (nSPS) is 13.7. The third-order valence-electron chi connectivity index (χ3n) is 5.38. The molecule has 9 heteroatoms. The minimum atomic E-state index is -0.942. The molecule has 0 fully saturated rings. The van der Waals surface area contributed by atoms with Crippen molar-refractivity contribution < 1.29 is 28.7 Å². The van der Waals surface area contributed by atoms with Crippen molar-refractivity contribution in [1.82, 2.24) is 15.5 Å². The lowest BCUT2D eigenvalue weighted by Gasteiger charge is -2.35. The number of nitrogens with zero attached hydrogens (tertiary/aromatic N) is 1. The Labute approximate surface area is 208 Å². The van der Waals surface area contributed by atoms with Gasteiger partial charge in [-0.2, -0.15) is 0 Å². The largest absolute Gasteiger partial charge is 0.466 e. The Morgan fingerprint density at radius 1 is 1.03 bits per heavy atom. The molecule has 1 rings (SSSR count). The first-order valence-corrected chi connectivity index (χ1v) is 12.2. The molecule has 1 aromatic carbocycles. The SMILES string of the molecule is CCOC(=O)CCNC(=O)C(c1ccccc1)N(CC)C(=O)C(NC(=O)OC(C)(C)C)C(C)CC. The van der Waals surface area contributed by atoms with Gasteiger partial charge in [0.05, 0.1) is 13.0 Å². The summed E-state index contributed by atoms with van der Waals surface area (Å²) in [6.45, 7) is 13.1. The number of likely N-dealkylation sites (N-methyl/N-ethyl adjacent to an activating group) is 1. The first-order chi connectivity index (χ1) is 16.4. The topological polar surface area (TPSA) is 114 Å². The smallest absolute Gasteiger partial charge is 0.408 e. The monoisotopic (exact) mass is 491 g/mol. The van der Waals surface area contributed by atoms with Gasteiger partial charge in [0, 0.05) is 13.1 Å². The highest BCUT2D eigenvalue weighted by atomic mass is 16.6. The molecule has 0 aliphatic rings. The molecule has 0 bridgehead atoms. The van der Waals surface area contributed by atoms with E-state index < -0.39 is 35.7 Å². The average Bonchev–Trinajstić information content (AvgIpc) is 2.79. The molecule has 1 aromatic rings. The van der Waals surface area contributed by atoms with Crippen molar-refractivity contribution in [2.75, 3.05) is 19.7 Å². The lowest BCUT2D eigenvalue weighted by molar-refractivity contribution is -0.144. The van der Waals surface area contributed by atoms with E-state index in [4.69, 9.17) is 9.47 Å². The van der Waals surface area contributed by atoms with E-state index in [0.29, 0.717) is 12.0 Å². The average molecular weight is 492 g/mol. The maximum absolute atomic E-state index is 13.8. The third kappa shape index (κ3) is 9.96. The number of amides is 3. The molecule has 2 N–H and O–H groups in total. The fourth-order valence-corrected chi connectivity index (χ4v) is 3.49. The molecule has 9 nitrogen and oxygen atoms in total. The Morgan fingerprint density at radius 3 is 2.17 bits per heavy atom. The molecule has 0 saturated heterocycles. The van der Waals surface area contributed by atoms with Crippen molar-refractivity contribution in [2.45, 2.75) is 79.0 Å². The van der Waals surface area contributed by atoms with Gasteiger partial charge in [0.25, 0.3) is 0 Å². The van der Waals surface area contributed by atoms with Crippen LogP contribution in [0.25, 0.3) is 0 Å². The second-order valence-electron chi connectivity index (χ2n) is 9.29. The highest BCUT2D eigenvalue weighted by molar-refractivity contribution is 5.92. The van der Waals surface area contributed by atoms with Gasteiger partial charge < -0.3 is 25.0 Å². The predicted octanol–water partition coefficient (Wildman–Crippen LogP) is 3.59. The Balaban J connectivity index is 3.21. The van der Waals surface area contributed by atoms with Crippen LogP contribution in [0.4, 0.5) is 4.79 Å². The highest BCUT2D eigenvalue weighted by Gasteiger charge is 2.37.